The van der Waals surface area contributed by atoms with E-state index in [9.17, 15) is 9.59 Å². The van der Waals surface area contributed by atoms with Gasteiger partial charge in [-0.2, -0.15) is 5.10 Å². The predicted octanol–water partition coefficient (Wildman–Crippen LogP) is 4.74. The van der Waals surface area contributed by atoms with Crippen molar-refractivity contribution >= 4 is 34.6 Å². The number of benzene rings is 2. The third-order valence-corrected chi connectivity index (χ3v) is 5.55. The molecule has 0 aliphatic heterocycles. The number of pyridine rings is 1. The minimum Gasteiger partial charge on any atom is -0.465 e. The molecule has 0 amide bonds. The van der Waals surface area contributed by atoms with E-state index in [4.69, 9.17) is 26.1 Å². The Bertz CT molecular complexity index is 1330. The average Bonchev–Trinajstić information content (AvgIpc) is 3.11. The van der Waals surface area contributed by atoms with Crippen LogP contribution in [0.1, 0.15) is 32.0 Å². The zero-order valence-corrected chi connectivity index (χ0v) is 18.5. The molecule has 162 valence electrons. The number of methoxy groups -OCH3 is 1. The Morgan fingerprint density at radius 2 is 1.78 bits per heavy atom. The van der Waals surface area contributed by atoms with Crippen LogP contribution in [0.15, 0.2) is 54.6 Å². The molecule has 0 spiro atoms. The first-order valence-electron chi connectivity index (χ1n) is 9.83. The van der Waals surface area contributed by atoms with Crippen molar-refractivity contribution in [3.05, 3.63) is 82.0 Å². The SMILES string of the molecule is COC(=O)c1cccc(COC(=O)c2cc(-c3ccccc3)nc3c2c(C)nn3C)c1Cl. The van der Waals surface area contributed by atoms with Gasteiger partial charge in [-0.1, -0.05) is 54.1 Å². The number of hydrogen-bond acceptors (Lipinski definition) is 6. The van der Waals surface area contributed by atoms with Crippen LogP contribution in [-0.4, -0.2) is 33.8 Å². The number of aromatic nitrogens is 3. The van der Waals surface area contributed by atoms with Gasteiger partial charge in [0, 0.05) is 18.2 Å². The molecule has 0 bridgehead atoms. The second-order valence-corrected chi connectivity index (χ2v) is 7.55. The number of halogens is 1. The quantitative estimate of drug-likeness (QED) is 0.409. The highest BCUT2D eigenvalue weighted by Crippen LogP contribution is 2.28. The lowest BCUT2D eigenvalue weighted by Gasteiger charge is -2.11. The Labute approximate surface area is 189 Å². The molecule has 2 aromatic carbocycles. The van der Waals surface area contributed by atoms with E-state index in [1.54, 1.807) is 36.0 Å². The lowest BCUT2D eigenvalue weighted by atomic mass is 10.1. The highest BCUT2D eigenvalue weighted by atomic mass is 35.5. The van der Waals surface area contributed by atoms with E-state index >= 15 is 0 Å². The molecular formula is C24H20ClN3O4. The first-order chi connectivity index (χ1) is 15.4. The van der Waals surface area contributed by atoms with Gasteiger partial charge in [0.2, 0.25) is 0 Å². The number of esters is 2. The molecule has 0 radical (unpaired) electrons. The number of aryl methyl sites for hydroxylation is 2. The first-order valence-corrected chi connectivity index (χ1v) is 10.2. The van der Waals surface area contributed by atoms with E-state index in [1.807, 2.05) is 37.3 Å². The molecule has 0 aliphatic rings. The fraction of sp³-hybridized carbons (Fsp3) is 0.167. The maximum Gasteiger partial charge on any atom is 0.339 e. The lowest BCUT2D eigenvalue weighted by Crippen LogP contribution is -2.09. The van der Waals surface area contributed by atoms with Crippen molar-refractivity contribution in [3.63, 3.8) is 0 Å². The van der Waals surface area contributed by atoms with Gasteiger partial charge in [-0.15, -0.1) is 0 Å². The van der Waals surface area contributed by atoms with Crippen LogP contribution < -0.4 is 0 Å². The summed E-state index contributed by atoms with van der Waals surface area (Å²) in [6.45, 7) is 1.71. The molecule has 0 fully saturated rings. The second kappa shape index (κ2) is 8.80. The Hall–Kier alpha value is -3.71. The van der Waals surface area contributed by atoms with Gasteiger partial charge in [0.15, 0.2) is 5.65 Å². The summed E-state index contributed by atoms with van der Waals surface area (Å²) in [5.41, 5.74) is 3.84. The van der Waals surface area contributed by atoms with Gasteiger partial charge < -0.3 is 9.47 Å². The molecular weight excluding hydrogens is 430 g/mol. The fourth-order valence-corrected chi connectivity index (χ4v) is 3.80. The van der Waals surface area contributed by atoms with Crippen LogP contribution in [0.4, 0.5) is 0 Å². The average molecular weight is 450 g/mol. The number of rotatable bonds is 5. The van der Waals surface area contributed by atoms with E-state index in [-0.39, 0.29) is 17.2 Å². The first kappa shape index (κ1) is 21.5. The molecule has 0 N–H and O–H groups in total. The van der Waals surface area contributed by atoms with E-state index in [0.717, 1.165) is 5.56 Å². The molecule has 0 unspecified atom stereocenters. The molecule has 2 aromatic heterocycles. The number of carbonyl (C=O) groups is 2. The summed E-state index contributed by atoms with van der Waals surface area (Å²) in [5, 5.41) is 5.24. The molecule has 8 heteroatoms. The Balaban J connectivity index is 1.71. The van der Waals surface area contributed by atoms with Gasteiger partial charge in [0.1, 0.15) is 6.61 Å². The number of ether oxygens (including phenoxy) is 2. The van der Waals surface area contributed by atoms with Crippen molar-refractivity contribution in [1.82, 2.24) is 14.8 Å². The molecule has 4 rings (SSSR count). The lowest BCUT2D eigenvalue weighted by molar-refractivity contribution is 0.0475. The third-order valence-electron chi connectivity index (χ3n) is 5.10. The van der Waals surface area contributed by atoms with E-state index in [1.165, 1.54) is 7.11 Å². The fourth-order valence-electron chi connectivity index (χ4n) is 3.54. The molecule has 7 nitrogen and oxygen atoms in total. The normalized spacial score (nSPS) is 10.9. The topological polar surface area (TPSA) is 83.3 Å². The van der Waals surface area contributed by atoms with Crippen LogP contribution >= 0.6 is 11.6 Å². The minimum absolute atomic E-state index is 0.105. The van der Waals surface area contributed by atoms with Gasteiger partial charge in [-0.05, 0) is 19.1 Å². The summed E-state index contributed by atoms with van der Waals surface area (Å²) >= 11 is 6.33. The smallest absolute Gasteiger partial charge is 0.339 e. The van der Waals surface area contributed by atoms with Crippen LogP contribution in [0, 0.1) is 6.92 Å². The summed E-state index contributed by atoms with van der Waals surface area (Å²) in [4.78, 5) is 29.7. The molecule has 0 saturated heterocycles. The zero-order valence-electron chi connectivity index (χ0n) is 17.8. The van der Waals surface area contributed by atoms with Crippen LogP contribution in [0.3, 0.4) is 0 Å². The van der Waals surface area contributed by atoms with Crippen molar-refractivity contribution in [3.8, 4) is 11.3 Å². The summed E-state index contributed by atoms with van der Waals surface area (Å²) in [6, 6.07) is 16.2. The predicted molar refractivity (Wildman–Crippen MR) is 121 cm³/mol. The van der Waals surface area contributed by atoms with Crippen molar-refractivity contribution in [1.29, 1.82) is 0 Å². The molecule has 0 atom stereocenters. The summed E-state index contributed by atoms with van der Waals surface area (Å²) in [6.07, 6.45) is 0. The van der Waals surface area contributed by atoms with Crippen molar-refractivity contribution in [2.24, 2.45) is 7.05 Å². The number of carbonyl (C=O) groups excluding carboxylic acids is 2. The summed E-state index contributed by atoms with van der Waals surface area (Å²) in [5.74, 6) is -1.09. The molecule has 4 aromatic rings. The highest BCUT2D eigenvalue weighted by molar-refractivity contribution is 6.34. The highest BCUT2D eigenvalue weighted by Gasteiger charge is 2.21. The number of fused-ring (bicyclic) bond motifs is 1. The summed E-state index contributed by atoms with van der Waals surface area (Å²) in [7, 11) is 3.06. The van der Waals surface area contributed by atoms with E-state index in [0.29, 0.717) is 33.5 Å². The van der Waals surface area contributed by atoms with Gasteiger partial charge in [-0.25, -0.2) is 14.6 Å². The Morgan fingerprint density at radius 1 is 1.03 bits per heavy atom. The van der Waals surface area contributed by atoms with Crippen LogP contribution in [-0.2, 0) is 23.1 Å². The van der Waals surface area contributed by atoms with Crippen LogP contribution in [0.25, 0.3) is 22.3 Å². The van der Waals surface area contributed by atoms with Gasteiger partial charge in [0.05, 0.1) is 40.0 Å². The molecule has 2 heterocycles. The molecule has 32 heavy (non-hydrogen) atoms. The maximum atomic E-state index is 13.1. The Morgan fingerprint density at radius 3 is 2.50 bits per heavy atom. The van der Waals surface area contributed by atoms with Crippen LogP contribution in [0.5, 0.6) is 0 Å². The number of nitrogens with zero attached hydrogens (tertiary/aromatic N) is 3. The van der Waals surface area contributed by atoms with Crippen molar-refractivity contribution in [2.75, 3.05) is 7.11 Å². The standard InChI is InChI=1S/C24H20ClN3O4/c1-14-20-18(12-19(15-8-5-4-6-9-15)26-22(20)28(2)27-14)24(30)32-13-16-10-7-11-17(21(16)25)23(29)31-3/h4-12H,13H2,1-3H3. The van der Waals surface area contributed by atoms with Crippen molar-refractivity contribution in [2.45, 2.75) is 13.5 Å². The van der Waals surface area contributed by atoms with Crippen molar-refractivity contribution < 1.29 is 19.1 Å². The number of hydrogen-bond donors (Lipinski definition) is 0. The monoisotopic (exact) mass is 449 g/mol. The zero-order chi connectivity index (χ0) is 22.8. The third kappa shape index (κ3) is 3.94. The van der Waals surface area contributed by atoms with Gasteiger partial charge in [-0.3, -0.25) is 4.68 Å². The van der Waals surface area contributed by atoms with E-state index in [2.05, 4.69) is 5.10 Å². The minimum atomic E-state index is -0.558. The van der Waals surface area contributed by atoms with E-state index < -0.39 is 11.9 Å². The van der Waals surface area contributed by atoms with Gasteiger partial charge >= 0.3 is 11.9 Å². The molecule has 0 saturated carbocycles. The molecule has 0 aliphatic carbocycles. The summed E-state index contributed by atoms with van der Waals surface area (Å²) < 4.78 is 12.0. The maximum absolute atomic E-state index is 13.1. The van der Waals surface area contributed by atoms with Crippen LogP contribution in [0.2, 0.25) is 5.02 Å². The van der Waals surface area contributed by atoms with Gasteiger partial charge in [0.25, 0.3) is 0 Å². The Kier molecular flexibility index (Phi) is 5.92. The largest absolute Gasteiger partial charge is 0.465 e. The second-order valence-electron chi connectivity index (χ2n) is 7.18.